The first-order valence-corrected chi connectivity index (χ1v) is 8.50. The molecule has 1 spiro atoms. The van der Waals surface area contributed by atoms with Crippen LogP contribution in [0.15, 0.2) is 0 Å². The number of hydrogen-bond acceptors (Lipinski definition) is 3. The van der Waals surface area contributed by atoms with Gasteiger partial charge in [-0.1, -0.05) is 26.7 Å². The maximum absolute atomic E-state index is 11.5. The quantitative estimate of drug-likeness (QED) is 0.845. The summed E-state index contributed by atoms with van der Waals surface area (Å²) < 4.78 is 11.6. The molecule has 4 unspecified atom stereocenters. The SMILES string of the molecule is CC(C)C1CCCCC1(O)C1CCOC2(CCOC2)C1. The Bertz CT molecular complexity index is 335. The minimum atomic E-state index is -0.466. The number of ether oxygens (including phenoxy) is 2. The molecule has 1 aliphatic carbocycles. The third kappa shape index (κ3) is 2.53. The highest BCUT2D eigenvalue weighted by atomic mass is 16.6. The summed E-state index contributed by atoms with van der Waals surface area (Å²) in [7, 11) is 0. The fraction of sp³-hybridized carbons (Fsp3) is 1.00. The van der Waals surface area contributed by atoms with Crippen LogP contribution >= 0.6 is 0 Å². The summed E-state index contributed by atoms with van der Waals surface area (Å²) in [5.74, 6) is 1.42. The minimum absolute atomic E-state index is 0.0857. The molecular formula is C17H30O3. The van der Waals surface area contributed by atoms with E-state index in [1.54, 1.807) is 0 Å². The molecule has 1 N–H and O–H groups in total. The van der Waals surface area contributed by atoms with Gasteiger partial charge < -0.3 is 14.6 Å². The van der Waals surface area contributed by atoms with E-state index in [4.69, 9.17) is 9.47 Å². The van der Waals surface area contributed by atoms with Crippen molar-refractivity contribution in [3.8, 4) is 0 Å². The van der Waals surface area contributed by atoms with Crippen molar-refractivity contribution in [1.82, 2.24) is 0 Å². The molecule has 20 heavy (non-hydrogen) atoms. The topological polar surface area (TPSA) is 38.7 Å². The van der Waals surface area contributed by atoms with Crippen molar-refractivity contribution >= 4 is 0 Å². The highest BCUT2D eigenvalue weighted by Crippen LogP contribution is 2.49. The van der Waals surface area contributed by atoms with E-state index < -0.39 is 5.60 Å². The summed E-state index contributed by atoms with van der Waals surface area (Å²) in [6.45, 7) is 6.88. The molecule has 0 amide bonds. The third-order valence-electron chi connectivity index (χ3n) is 6.06. The van der Waals surface area contributed by atoms with Crippen LogP contribution < -0.4 is 0 Å². The van der Waals surface area contributed by atoms with Crippen molar-refractivity contribution in [3.05, 3.63) is 0 Å². The van der Waals surface area contributed by atoms with E-state index in [1.807, 2.05) is 0 Å². The standard InChI is InChI=1S/C17H30O3/c1-13(2)15-5-3-4-7-17(15,18)14-6-9-20-16(11-14)8-10-19-12-16/h13-15,18H,3-12H2,1-2H3. The van der Waals surface area contributed by atoms with Crippen LogP contribution in [0, 0.1) is 17.8 Å². The summed E-state index contributed by atoms with van der Waals surface area (Å²) in [4.78, 5) is 0. The Kier molecular flexibility index (Phi) is 4.13. The third-order valence-corrected chi connectivity index (χ3v) is 6.06. The maximum Gasteiger partial charge on any atom is 0.0940 e. The van der Waals surface area contributed by atoms with Gasteiger partial charge in [-0.15, -0.1) is 0 Å². The monoisotopic (exact) mass is 282 g/mol. The Balaban J connectivity index is 1.78. The molecule has 0 aromatic heterocycles. The molecule has 0 aromatic carbocycles. The van der Waals surface area contributed by atoms with Crippen molar-refractivity contribution < 1.29 is 14.6 Å². The van der Waals surface area contributed by atoms with Crippen LogP contribution in [0.25, 0.3) is 0 Å². The first kappa shape index (κ1) is 14.8. The normalized spacial score (nSPS) is 46.2. The summed E-state index contributed by atoms with van der Waals surface area (Å²) in [5.41, 5.74) is -0.552. The van der Waals surface area contributed by atoms with Crippen molar-refractivity contribution in [3.63, 3.8) is 0 Å². The van der Waals surface area contributed by atoms with Gasteiger partial charge in [-0.3, -0.25) is 0 Å². The van der Waals surface area contributed by atoms with Crippen LogP contribution in [0.1, 0.15) is 58.8 Å². The lowest BCUT2D eigenvalue weighted by atomic mass is 9.61. The molecule has 4 atom stereocenters. The van der Waals surface area contributed by atoms with Gasteiger partial charge in [0, 0.05) is 19.6 Å². The van der Waals surface area contributed by atoms with E-state index in [2.05, 4.69) is 13.8 Å². The van der Waals surface area contributed by atoms with E-state index >= 15 is 0 Å². The number of rotatable bonds is 2. The summed E-state index contributed by atoms with van der Waals surface area (Å²) in [6, 6.07) is 0. The van der Waals surface area contributed by atoms with E-state index in [0.717, 1.165) is 45.5 Å². The summed E-state index contributed by atoms with van der Waals surface area (Å²) >= 11 is 0. The second kappa shape index (κ2) is 5.58. The van der Waals surface area contributed by atoms with E-state index in [1.165, 1.54) is 19.3 Å². The number of hydrogen-bond donors (Lipinski definition) is 1. The zero-order chi connectivity index (χ0) is 14.2. The van der Waals surface area contributed by atoms with Crippen molar-refractivity contribution in [2.45, 2.75) is 70.0 Å². The van der Waals surface area contributed by atoms with Crippen LogP contribution in [-0.2, 0) is 9.47 Å². The van der Waals surface area contributed by atoms with Crippen LogP contribution in [-0.4, -0.2) is 36.1 Å². The molecule has 3 rings (SSSR count). The Morgan fingerprint density at radius 1 is 1.10 bits per heavy atom. The lowest BCUT2D eigenvalue weighted by Gasteiger charge is -2.51. The molecule has 0 bridgehead atoms. The first-order valence-electron chi connectivity index (χ1n) is 8.50. The van der Waals surface area contributed by atoms with Crippen LogP contribution in [0.2, 0.25) is 0 Å². The lowest BCUT2D eigenvalue weighted by molar-refractivity contribution is -0.175. The first-order chi connectivity index (χ1) is 9.56. The van der Waals surface area contributed by atoms with Gasteiger partial charge in [0.25, 0.3) is 0 Å². The van der Waals surface area contributed by atoms with E-state index in [0.29, 0.717) is 17.8 Å². The predicted octanol–water partition coefficient (Wildman–Crippen LogP) is 3.15. The molecule has 3 heteroatoms. The Morgan fingerprint density at radius 3 is 2.65 bits per heavy atom. The highest BCUT2D eigenvalue weighted by Gasteiger charge is 2.51. The molecule has 3 nitrogen and oxygen atoms in total. The van der Waals surface area contributed by atoms with Crippen LogP contribution in [0.4, 0.5) is 0 Å². The number of aliphatic hydroxyl groups is 1. The Labute approximate surface area is 123 Å². The molecule has 2 heterocycles. The second-order valence-electron chi connectivity index (χ2n) is 7.61. The summed E-state index contributed by atoms with van der Waals surface area (Å²) in [5, 5.41) is 11.5. The van der Waals surface area contributed by atoms with E-state index in [9.17, 15) is 5.11 Å². The van der Waals surface area contributed by atoms with Crippen molar-refractivity contribution in [2.24, 2.45) is 17.8 Å². The smallest absolute Gasteiger partial charge is 0.0940 e. The fourth-order valence-corrected chi connectivity index (χ4v) is 4.94. The van der Waals surface area contributed by atoms with E-state index in [-0.39, 0.29) is 5.60 Å². The van der Waals surface area contributed by atoms with Crippen molar-refractivity contribution in [1.29, 1.82) is 0 Å². The second-order valence-corrected chi connectivity index (χ2v) is 7.61. The van der Waals surface area contributed by atoms with Crippen LogP contribution in [0.5, 0.6) is 0 Å². The molecule has 0 radical (unpaired) electrons. The van der Waals surface area contributed by atoms with Gasteiger partial charge in [-0.2, -0.15) is 0 Å². The van der Waals surface area contributed by atoms with Gasteiger partial charge in [0.15, 0.2) is 0 Å². The molecule has 2 aliphatic heterocycles. The zero-order valence-electron chi connectivity index (χ0n) is 13.1. The molecule has 0 aromatic rings. The van der Waals surface area contributed by atoms with Gasteiger partial charge in [0.2, 0.25) is 0 Å². The van der Waals surface area contributed by atoms with Gasteiger partial charge in [-0.05, 0) is 43.4 Å². The molecule has 3 aliphatic rings. The lowest BCUT2D eigenvalue weighted by Crippen LogP contribution is -2.54. The Morgan fingerprint density at radius 2 is 1.95 bits per heavy atom. The minimum Gasteiger partial charge on any atom is -0.389 e. The van der Waals surface area contributed by atoms with Gasteiger partial charge >= 0.3 is 0 Å². The molecule has 116 valence electrons. The van der Waals surface area contributed by atoms with Gasteiger partial charge in [0.05, 0.1) is 17.8 Å². The average molecular weight is 282 g/mol. The molecular weight excluding hydrogens is 252 g/mol. The average Bonchev–Trinajstić information content (AvgIpc) is 2.87. The summed E-state index contributed by atoms with van der Waals surface area (Å²) in [6.07, 6.45) is 7.65. The maximum atomic E-state index is 11.5. The highest BCUT2D eigenvalue weighted by molar-refractivity contribution is 5.02. The molecule has 1 saturated carbocycles. The zero-order valence-corrected chi connectivity index (χ0v) is 13.1. The predicted molar refractivity (Wildman–Crippen MR) is 78.6 cm³/mol. The molecule has 2 saturated heterocycles. The van der Waals surface area contributed by atoms with Crippen LogP contribution in [0.3, 0.4) is 0 Å². The molecule has 3 fully saturated rings. The Hall–Kier alpha value is -0.120. The fourth-order valence-electron chi connectivity index (χ4n) is 4.94. The largest absolute Gasteiger partial charge is 0.389 e. The van der Waals surface area contributed by atoms with Gasteiger partial charge in [-0.25, -0.2) is 0 Å². The van der Waals surface area contributed by atoms with Crippen molar-refractivity contribution in [2.75, 3.05) is 19.8 Å². The van der Waals surface area contributed by atoms with Gasteiger partial charge in [0.1, 0.15) is 0 Å².